The van der Waals surface area contributed by atoms with Gasteiger partial charge in [0.25, 0.3) is 5.91 Å². The summed E-state index contributed by atoms with van der Waals surface area (Å²) in [5.41, 5.74) is 2.79. The molecule has 0 saturated carbocycles. The van der Waals surface area contributed by atoms with Gasteiger partial charge in [0.1, 0.15) is 34.7 Å². The number of aromatic nitrogens is 3. The van der Waals surface area contributed by atoms with Crippen LogP contribution in [0.5, 0.6) is 11.5 Å². The van der Waals surface area contributed by atoms with Gasteiger partial charge in [0, 0.05) is 5.39 Å². The summed E-state index contributed by atoms with van der Waals surface area (Å²) >= 11 is 0. The molecule has 3 aromatic carbocycles. The van der Waals surface area contributed by atoms with Crippen molar-refractivity contribution in [2.45, 2.75) is 26.0 Å². The van der Waals surface area contributed by atoms with E-state index < -0.39 is 12.1 Å². The predicted octanol–water partition coefficient (Wildman–Crippen LogP) is 5.41. The Hall–Kier alpha value is -4.66. The van der Waals surface area contributed by atoms with Crippen LogP contribution in [0.3, 0.4) is 0 Å². The zero-order valence-electron chi connectivity index (χ0n) is 20.5. The number of rotatable bonds is 8. The summed E-state index contributed by atoms with van der Waals surface area (Å²) in [4.78, 5) is 12.9. The molecule has 1 amide bonds. The molecule has 0 aliphatic heterocycles. The molecule has 0 radical (unpaired) electrons. The number of amides is 1. The van der Waals surface area contributed by atoms with Crippen LogP contribution in [0.2, 0.25) is 0 Å². The van der Waals surface area contributed by atoms with Crippen molar-refractivity contribution >= 4 is 16.8 Å². The normalized spacial score (nSPS) is 12.8. The molecular formula is C28H25FN4O4. The van der Waals surface area contributed by atoms with Crippen molar-refractivity contribution in [3.05, 3.63) is 102 Å². The molecule has 0 spiro atoms. The number of hydrogen-bond acceptors (Lipinski definition) is 6. The van der Waals surface area contributed by atoms with Gasteiger partial charge < -0.3 is 19.3 Å². The van der Waals surface area contributed by atoms with E-state index in [-0.39, 0.29) is 11.7 Å². The van der Waals surface area contributed by atoms with E-state index in [0.29, 0.717) is 22.8 Å². The zero-order chi connectivity index (χ0) is 25.9. The number of aryl methyl sites for hydroxylation is 1. The number of hydrogen-bond donors (Lipinski definition) is 1. The third-order valence-electron chi connectivity index (χ3n) is 6.10. The molecule has 0 aliphatic rings. The van der Waals surface area contributed by atoms with Gasteiger partial charge in [-0.25, -0.2) is 9.07 Å². The van der Waals surface area contributed by atoms with Gasteiger partial charge in [0.05, 0.1) is 36.7 Å². The Bertz CT molecular complexity index is 1540. The number of nitrogens with one attached hydrogen (secondary N) is 1. The Morgan fingerprint density at radius 3 is 2.59 bits per heavy atom. The second-order valence-corrected chi connectivity index (χ2v) is 8.63. The maximum atomic E-state index is 13.4. The highest BCUT2D eigenvalue weighted by Crippen LogP contribution is 2.30. The van der Waals surface area contributed by atoms with Gasteiger partial charge in [-0.15, -0.1) is 0 Å². The van der Waals surface area contributed by atoms with Crippen LogP contribution in [0, 0.1) is 12.7 Å². The maximum Gasteiger partial charge on any atom is 0.256 e. The standard InChI is InChI=1S/C28H25FN4O4/c1-17(32-28(34)25-16-31-37-18(25)2)27(19-5-4-6-23(13-19)35-3)36-24-11-12-26-20(14-24)15-30-33(26)22-9-7-21(29)8-10-22/h4-17,27H,1-3H3,(H,32,34)/t17-,27-/m0/s1. The first-order chi connectivity index (χ1) is 17.9. The van der Waals surface area contributed by atoms with Gasteiger partial charge in [0.2, 0.25) is 0 Å². The molecule has 9 heteroatoms. The quantitative estimate of drug-likeness (QED) is 0.306. The molecular weight excluding hydrogens is 475 g/mol. The van der Waals surface area contributed by atoms with Crippen molar-refractivity contribution in [1.82, 2.24) is 20.3 Å². The number of methoxy groups -OCH3 is 1. The Morgan fingerprint density at radius 1 is 1.05 bits per heavy atom. The molecule has 8 nitrogen and oxygen atoms in total. The van der Waals surface area contributed by atoms with E-state index in [4.69, 9.17) is 14.0 Å². The highest BCUT2D eigenvalue weighted by Gasteiger charge is 2.26. The van der Waals surface area contributed by atoms with Crippen LogP contribution >= 0.6 is 0 Å². The van der Waals surface area contributed by atoms with E-state index in [0.717, 1.165) is 22.2 Å². The molecule has 37 heavy (non-hydrogen) atoms. The molecule has 0 fully saturated rings. The number of halogens is 1. The molecule has 0 unspecified atom stereocenters. The van der Waals surface area contributed by atoms with E-state index in [1.165, 1.54) is 18.3 Å². The lowest BCUT2D eigenvalue weighted by atomic mass is 10.0. The fourth-order valence-corrected chi connectivity index (χ4v) is 4.17. The molecule has 188 valence electrons. The number of nitrogens with zero attached hydrogens (tertiary/aromatic N) is 3. The summed E-state index contributed by atoms with van der Waals surface area (Å²) in [7, 11) is 1.60. The summed E-state index contributed by atoms with van der Waals surface area (Å²) < 4.78 is 32.0. The van der Waals surface area contributed by atoms with Crippen LogP contribution in [-0.2, 0) is 0 Å². The van der Waals surface area contributed by atoms with Crippen molar-refractivity contribution in [2.75, 3.05) is 7.11 Å². The molecule has 2 aromatic heterocycles. The second kappa shape index (κ2) is 10.1. The zero-order valence-corrected chi connectivity index (χ0v) is 20.5. The smallest absolute Gasteiger partial charge is 0.256 e. The molecule has 5 rings (SSSR count). The minimum Gasteiger partial charge on any atom is -0.497 e. The number of carbonyl (C=O) groups is 1. The first-order valence-corrected chi connectivity index (χ1v) is 11.7. The average molecular weight is 501 g/mol. The predicted molar refractivity (Wildman–Crippen MR) is 136 cm³/mol. The lowest BCUT2D eigenvalue weighted by molar-refractivity contribution is 0.0880. The average Bonchev–Trinajstić information content (AvgIpc) is 3.53. The topological polar surface area (TPSA) is 91.4 Å². The van der Waals surface area contributed by atoms with Crippen molar-refractivity contribution in [1.29, 1.82) is 0 Å². The van der Waals surface area contributed by atoms with Crippen LogP contribution in [0.15, 0.2) is 83.6 Å². The van der Waals surface area contributed by atoms with Crippen LogP contribution in [0.1, 0.15) is 34.7 Å². The Morgan fingerprint density at radius 2 is 1.86 bits per heavy atom. The van der Waals surface area contributed by atoms with Crippen LogP contribution < -0.4 is 14.8 Å². The van der Waals surface area contributed by atoms with E-state index in [1.807, 2.05) is 49.4 Å². The summed E-state index contributed by atoms with van der Waals surface area (Å²) in [6.07, 6.45) is 2.58. The van der Waals surface area contributed by atoms with Crippen molar-refractivity contribution in [3.8, 4) is 17.2 Å². The number of fused-ring (bicyclic) bond motifs is 1. The summed E-state index contributed by atoms with van der Waals surface area (Å²) in [5, 5.41) is 12.0. The maximum absolute atomic E-state index is 13.4. The Balaban J connectivity index is 1.45. The number of carbonyl (C=O) groups excluding carboxylic acids is 1. The highest BCUT2D eigenvalue weighted by molar-refractivity contribution is 5.95. The van der Waals surface area contributed by atoms with Gasteiger partial charge in [0.15, 0.2) is 0 Å². The monoisotopic (exact) mass is 500 g/mol. The molecule has 0 aliphatic carbocycles. The number of benzene rings is 3. The van der Waals surface area contributed by atoms with Gasteiger partial charge >= 0.3 is 0 Å². The summed E-state index contributed by atoms with van der Waals surface area (Å²) in [6, 6.07) is 18.9. The van der Waals surface area contributed by atoms with Crippen molar-refractivity contribution in [2.24, 2.45) is 0 Å². The minimum atomic E-state index is -0.538. The molecule has 5 aromatic rings. The van der Waals surface area contributed by atoms with E-state index in [1.54, 1.807) is 37.0 Å². The molecule has 2 atom stereocenters. The van der Waals surface area contributed by atoms with Crippen LogP contribution in [-0.4, -0.2) is 34.0 Å². The largest absolute Gasteiger partial charge is 0.497 e. The first-order valence-electron chi connectivity index (χ1n) is 11.7. The van der Waals surface area contributed by atoms with Gasteiger partial charge in [-0.1, -0.05) is 17.3 Å². The van der Waals surface area contributed by atoms with Crippen LogP contribution in [0.25, 0.3) is 16.6 Å². The molecule has 0 saturated heterocycles. The minimum absolute atomic E-state index is 0.306. The molecule has 0 bridgehead atoms. The Kier molecular flexibility index (Phi) is 6.59. The third kappa shape index (κ3) is 5.02. The summed E-state index contributed by atoms with van der Waals surface area (Å²) in [5.74, 6) is 1.10. The Labute approximate surface area is 212 Å². The highest BCUT2D eigenvalue weighted by atomic mass is 19.1. The van der Waals surface area contributed by atoms with E-state index in [2.05, 4.69) is 15.6 Å². The molecule has 2 heterocycles. The fourth-order valence-electron chi connectivity index (χ4n) is 4.17. The van der Waals surface area contributed by atoms with E-state index >= 15 is 0 Å². The SMILES string of the molecule is COc1cccc([C@@H](Oc2ccc3c(cnn3-c3ccc(F)cc3)c2)[C@H](C)NC(=O)c2cnoc2C)c1. The van der Waals surface area contributed by atoms with Gasteiger partial charge in [-0.3, -0.25) is 4.79 Å². The van der Waals surface area contributed by atoms with E-state index in [9.17, 15) is 9.18 Å². The van der Waals surface area contributed by atoms with Gasteiger partial charge in [-0.2, -0.15) is 5.10 Å². The van der Waals surface area contributed by atoms with Gasteiger partial charge in [-0.05, 0) is 74.0 Å². The van der Waals surface area contributed by atoms with Crippen LogP contribution in [0.4, 0.5) is 4.39 Å². The summed E-state index contributed by atoms with van der Waals surface area (Å²) in [6.45, 7) is 3.56. The van der Waals surface area contributed by atoms with Crippen molar-refractivity contribution in [3.63, 3.8) is 0 Å². The lowest BCUT2D eigenvalue weighted by Gasteiger charge is -2.27. The van der Waals surface area contributed by atoms with Crippen molar-refractivity contribution < 1.29 is 23.2 Å². The lowest BCUT2D eigenvalue weighted by Crippen LogP contribution is -2.39. The third-order valence-corrected chi connectivity index (χ3v) is 6.10. The number of ether oxygens (including phenoxy) is 2. The molecule has 1 N–H and O–H groups in total. The first kappa shape index (κ1) is 24.1. The fraction of sp³-hybridized carbons (Fsp3) is 0.179. The second-order valence-electron chi connectivity index (χ2n) is 8.63.